The van der Waals surface area contributed by atoms with Crippen molar-refractivity contribution in [3.63, 3.8) is 0 Å². The first-order valence-corrected chi connectivity index (χ1v) is 9.34. The fraction of sp³-hybridized carbons (Fsp3) is 0.737. The number of rotatable bonds is 5. The van der Waals surface area contributed by atoms with Crippen LogP contribution in [-0.4, -0.2) is 36.0 Å². The number of nitrogens with one attached hydrogen (secondary N) is 1. The molecular formula is C19H31N3O2. The maximum absolute atomic E-state index is 12.7. The van der Waals surface area contributed by atoms with E-state index in [0.717, 1.165) is 50.3 Å². The summed E-state index contributed by atoms with van der Waals surface area (Å²) >= 11 is 0. The smallest absolute Gasteiger partial charge is 0.225 e. The lowest BCUT2D eigenvalue weighted by molar-refractivity contribution is -0.128. The normalized spacial score (nSPS) is 29.5. The van der Waals surface area contributed by atoms with Gasteiger partial charge in [0.2, 0.25) is 5.91 Å². The van der Waals surface area contributed by atoms with Crippen molar-refractivity contribution >= 4 is 5.91 Å². The maximum atomic E-state index is 12.7. The molecule has 3 atom stereocenters. The zero-order chi connectivity index (χ0) is 17.2. The fourth-order valence-corrected chi connectivity index (χ4v) is 4.20. The third-order valence-electron chi connectivity index (χ3n) is 5.71. The lowest BCUT2D eigenvalue weighted by atomic mass is 9.74. The van der Waals surface area contributed by atoms with Crippen molar-refractivity contribution in [1.29, 1.82) is 0 Å². The van der Waals surface area contributed by atoms with E-state index in [4.69, 9.17) is 10.2 Å². The van der Waals surface area contributed by atoms with Crippen LogP contribution in [0.1, 0.15) is 63.0 Å². The topological polar surface area (TPSA) is 71.5 Å². The van der Waals surface area contributed by atoms with Gasteiger partial charge in [-0.05, 0) is 64.8 Å². The van der Waals surface area contributed by atoms with Gasteiger partial charge in [-0.3, -0.25) is 9.69 Å². The van der Waals surface area contributed by atoms with Crippen LogP contribution in [0.2, 0.25) is 0 Å². The Morgan fingerprint density at radius 1 is 1.38 bits per heavy atom. The number of carbonyl (C=O) groups is 1. The molecule has 24 heavy (non-hydrogen) atoms. The minimum Gasteiger partial charge on any atom is -0.465 e. The van der Waals surface area contributed by atoms with E-state index in [9.17, 15) is 4.79 Å². The molecule has 3 N–H and O–H groups in total. The highest BCUT2D eigenvalue weighted by molar-refractivity contribution is 5.80. The second kappa shape index (κ2) is 7.28. The summed E-state index contributed by atoms with van der Waals surface area (Å²) in [5.74, 6) is 1.90. The van der Waals surface area contributed by atoms with Gasteiger partial charge in [0.25, 0.3) is 0 Å². The molecule has 0 aromatic carbocycles. The van der Waals surface area contributed by atoms with E-state index in [2.05, 4.69) is 10.2 Å². The van der Waals surface area contributed by atoms with Crippen LogP contribution in [0.4, 0.5) is 0 Å². The third-order valence-corrected chi connectivity index (χ3v) is 5.71. The zero-order valence-electron chi connectivity index (χ0n) is 15.0. The van der Waals surface area contributed by atoms with E-state index < -0.39 is 0 Å². The molecule has 1 saturated heterocycles. The molecule has 0 radical (unpaired) electrons. The van der Waals surface area contributed by atoms with Gasteiger partial charge in [-0.2, -0.15) is 0 Å². The van der Waals surface area contributed by atoms with Crippen molar-refractivity contribution in [2.45, 2.75) is 64.0 Å². The number of hydrogen-bond donors (Lipinski definition) is 2. The van der Waals surface area contributed by atoms with Crippen LogP contribution in [0, 0.1) is 12.8 Å². The molecule has 3 rings (SSSR count). The fourth-order valence-electron chi connectivity index (χ4n) is 4.20. The Kier molecular flexibility index (Phi) is 5.30. The molecule has 1 aromatic heterocycles. The molecule has 1 aliphatic heterocycles. The number of hydrogen-bond acceptors (Lipinski definition) is 4. The SMILES string of the molecule is Cc1ccc(C(CNC(=O)C2CCCCC2(C)N)N2CCCC2)o1. The molecule has 0 spiro atoms. The first-order valence-electron chi connectivity index (χ1n) is 9.34. The predicted molar refractivity (Wildman–Crippen MR) is 94.6 cm³/mol. The quantitative estimate of drug-likeness (QED) is 0.869. The van der Waals surface area contributed by atoms with Crippen molar-refractivity contribution in [3.8, 4) is 0 Å². The van der Waals surface area contributed by atoms with Gasteiger partial charge in [0.15, 0.2) is 0 Å². The Hall–Kier alpha value is -1.33. The van der Waals surface area contributed by atoms with Crippen LogP contribution < -0.4 is 11.1 Å². The van der Waals surface area contributed by atoms with Crippen molar-refractivity contribution < 1.29 is 9.21 Å². The molecule has 1 aromatic rings. The lowest BCUT2D eigenvalue weighted by Crippen LogP contribution is -2.53. The molecule has 2 heterocycles. The van der Waals surface area contributed by atoms with E-state index in [0.29, 0.717) is 6.54 Å². The van der Waals surface area contributed by atoms with Crippen molar-refractivity contribution in [3.05, 3.63) is 23.7 Å². The molecule has 1 aliphatic carbocycles. The second-order valence-corrected chi connectivity index (χ2v) is 7.76. The Bertz CT molecular complexity index is 561. The van der Waals surface area contributed by atoms with Crippen LogP contribution in [0.15, 0.2) is 16.5 Å². The summed E-state index contributed by atoms with van der Waals surface area (Å²) in [6.45, 7) is 6.71. The molecule has 3 unspecified atom stereocenters. The van der Waals surface area contributed by atoms with Crippen molar-refractivity contribution in [2.24, 2.45) is 11.7 Å². The number of furan rings is 1. The molecule has 5 nitrogen and oxygen atoms in total. The monoisotopic (exact) mass is 333 g/mol. The molecule has 0 bridgehead atoms. The van der Waals surface area contributed by atoms with Crippen molar-refractivity contribution in [1.82, 2.24) is 10.2 Å². The maximum Gasteiger partial charge on any atom is 0.225 e. The first kappa shape index (κ1) is 17.5. The summed E-state index contributed by atoms with van der Waals surface area (Å²) in [5, 5.41) is 3.17. The van der Waals surface area contributed by atoms with Gasteiger partial charge in [-0.15, -0.1) is 0 Å². The van der Waals surface area contributed by atoms with Crippen LogP contribution >= 0.6 is 0 Å². The van der Waals surface area contributed by atoms with E-state index in [1.807, 2.05) is 26.0 Å². The van der Waals surface area contributed by atoms with Crippen LogP contribution in [0.3, 0.4) is 0 Å². The van der Waals surface area contributed by atoms with Crippen LogP contribution in [-0.2, 0) is 4.79 Å². The summed E-state index contributed by atoms with van der Waals surface area (Å²) in [4.78, 5) is 15.1. The Labute approximate surface area is 144 Å². The first-order chi connectivity index (χ1) is 11.5. The van der Waals surface area contributed by atoms with Gasteiger partial charge in [0, 0.05) is 12.1 Å². The molecule has 1 saturated carbocycles. The molecule has 2 fully saturated rings. The van der Waals surface area contributed by atoms with E-state index in [1.54, 1.807) is 0 Å². The molecular weight excluding hydrogens is 302 g/mol. The van der Waals surface area contributed by atoms with Gasteiger partial charge >= 0.3 is 0 Å². The molecule has 2 aliphatic rings. The summed E-state index contributed by atoms with van der Waals surface area (Å²) in [6.07, 6.45) is 6.48. The van der Waals surface area contributed by atoms with Crippen molar-refractivity contribution in [2.75, 3.05) is 19.6 Å². The summed E-state index contributed by atoms with van der Waals surface area (Å²) < 4.78 is 5.86. The minimum atomic E-state index is -0.382. The number of amides is 1. The molecule has 5 heteroatoms. The van der Waals surface area contributed by atoms with Crippen LogP contribution in [0.25, 0.3) is 0 Å². The number of nitrogens with zero attached hydrogens (tertiary/aromatic N) is 1. The van der Waals surface area contributed by atoms with Crippen LogP contribution in [0.5, 0.6) is 0 Å². The second-order valence-electron chi connectivity index (χ2n) is 7.76. The standard InChI is InChI=1S/C19H31N3O2/c1-14-8-9-17(24-14)16(22-11-5-6-12-22)13-21-18(23)15-7-3-4-10-19(15,2)20/h8-9,15-16H,3-7,10-13,20H2,1-2H3,(H,21,23). The van der Waals surface area contributed by atoms with E-state index in [-0.39, 0.29) is 23.4 Å². The Balaban J connectivity index is 1.65. The predicted octanol–water partition coefficient (Wildman–Crippen LogP) is 2.75. The number of likely N-dealkylation sites (tertiary alicyclic amines) is 1. The van der Waals surface area contributed by atoms with Gasteiger partial charge in [0.1, 0.15) is 11.5 Å². The van der Waals surface area contributed by atoms with Gasteiger partial charge < -0.3 is 15.5 Å². The van der Waals surface area contributed by atoms with E-state index in [1.165, 1.54) is 12.8 Å². The number of carbonyl (C=O) groups excluding carboxylic acids is 1. The van der Waals surface area contributed by atoms with Gasteiger partial charge in [-0.25, -0.2) is 0 Å². The molecule has 1 amide bonds. The summed E-state index contributed by atoms with van der Waals surface area (Å²) in [6, 6.07) is 4.16. The largest absolute Gasteiger partial charge is 0.465 e. The average Bonchev–Trinajstić information content (AvgIpc) is 3.19. The zero-order valence-corrected chi connectivity index (χ0v) is 15.0. The minimum absolute atomic E-state index is 0.0798. The highest BCUT2D eigenvalue weighted by Gasteiger charge is 2.38. The van der Waals surface area contributed by atoms with Gasteiger partial charge in [0.05, 0.1) is 12.0 Å². The lowest BCUT2D eigenvalue weighted by Gasteiger charge is -2.37. The molecule has 134 valence electrons. The number of aryl methyl sites for hydroxylation is 1. The summed E-state index contributed by atoms with van der Waals surface area (Å²) in [5.41, 5.74) is 5.99. The summed E-state index contributed by atoms with van der Waals surface area (Å²) in [7, 11) is 0. The third kappa shape index (κ3) is 3.83. The Morgan fingerprint density at radius 3 is 2.75 bits per heavy atom. The Morgan fingerprint density at radius 2 is 2.12 bits per heavy atom. The highest BCUT2D eigenvalue weighted by Crippen LogP contribution is 2.32. The number of nitrogens with two attached hydrogens (primary N) is 1. The van der Waals surface area contributed by atoms with Gasteiger partial charge in [-0.1, -0.05) is 12.8 Å². The average molecular weight is 333 g/mol. The van der Waals surface area contributed by atoms with E-state index >= 15 is 0 Å². The highest BCUT2D eigenvalue weighted by atomic mass is 16.3.